The van der Waals surface area contributed by atoms with E-state index in [4.69, 9.17) is 5.11 Å². The summed E-state index contributed by atoms with van der Waals surface area (Å²) in [6.45, 7) is 6.67. The maximum Gasteiger partial charge on any atom is 0.317 e. The lowest BCUT2D eigenvalue weighted by Gasteiger charge is -2.41. The van der Waals surface area contributed by atoms with Gasteiger partial charge in [-0.15, -0.1) is 0 Å². The van der Waals surface area contributed by atoms with Gasteiger partial charge in [0.25, 0.3) is 0 Å². The predicted octanol–water partition coefficient (Wildman–Crippen LogP) is 1.26. The highest BCUT2D eigenvalue weighted by Gasteiger charge is 2.36. The summed E-state index contributed by atoms with van der Waals surface area (Å²) >= 11 is 3.14. The number of urea groups is 1. The Morgan fingerprint density at radius 3 is 2.62 bits per heavy atom. The Morgan fingerprint density at radius 2 is 2.19 bits per heavy atom. The van der Waals surface area contributed by atoms with Crippen molar-refractivity contribution >= 4 is 27.9 Å². The molecule has 0 aromatic rings. The SMILES string of the molecule is C=C(Br)CNC(=O)N1CC(C(C)C(=O)O)C1. The number of carbonyl (C=O) groups excluding carboxylic acids is 1. The Labute approximate surface area is 103 Å². The second kappa shape index (κ2) is 5.34. The first-order valence-corrected chi connectivity index (χ1v) is 5.80. The number of rotatable bonds is 4. The lowest BCUT2D eigenvalue weighted by atomic mass is 9.87. The van der Waals surface area contributed by atoms with Crippen molar-refractivity contribution in [2.45, 2.75) is 6.92 Å². The third-order valence-corrected chi connectivity index (χ3v) is 3.01. The summed E-state index contributed by atoms with van der Waals surface area (Å²) in [5.41, 5.74) is 0. The molecule has 0 aliphatic carbocycles. The van der Waals surface area contributed by atoms with E-state index in [0.29, 0.717) is 24.1 Å². The maximum absolute atomic E-state index is 11.5. The number of hydrogen-bond acceptors (Lipinski definition) is 2. The number of likely N-dealkylation sites (tertiary alicyclic amines) is 1. The fourth-order valence-electron chi connectivity index (χ4n) is 1.48. The van der Waals surface area contributed by atoms with E-state index in [-0.39, 0.29) is 11.9 Å². The summed E-state index contributed by atoms with van der Waals surface area (Å²) in [5.74, 6) is -1.13. The molecule has 1 unspecified atom stereocenters. The number of halogens is 1. The van der Waals surface area contributed by atoms with Crippen LogP contribution in [-0.4, -0.2) is 41.6 Å². The number of nitrogens with zero attached hydrogens (tertiary/aromatic N) is 1. The standard InChI is InChI=1S/C10H15BrN2O3/c1-6(11)3-12-10(16)13-4-8(5-13)7(2)9(14)15/h7-8H,1,3-5H2,2H3,(H,12,16)(H,14,15). The molecule has 6 heteroatoms. The number of nitrogens with one attached hydrogen (secondary N) is 1. The van der Waals surface area contributed by atoms with E-state index in [0.717, 1.165) is 0 Å². The molecule has 16 heavy (non-hydrogen) atoms. The largest absolute Gasteiger partial charge is 0.481 e. The van der Waals surface area contributed by atoms with Crippen molar-refractivity contribution in [2.75, 3.05) is 19.6 Å². The van der Waals surface area contributed by atoms with Crippen LogP contribution in [0.25, 0.3) is 0 Å². The highest BCUT2D eigenvalue weighted by Crippen LogP contribution is 2.23. The molecule has 0 spiro atoms. The van der Waals surface area contributed by atoms with Crippen molar-refractivity contribution in [1.29, 1.82) is 0 Å². The molecule has 1 heterocycles. The van der Waals surface area contributed by atoms with Gasteiger partial charge in [0, 0.05) is 23.5 Å². The molecule has 0 radical (unpaired) electrons. The Hall–Kier alpha value is -1.04. The lowest BCUT2D eigenvalue weighted by molar-refractivity contribution is -0.144. The van der Waals surface area contributed by atoms with Crippen molar-refractivity contribution in [3.05, 3.63) is 11.1 Å². The minimum absolute atomic E-state index is 0.0652. The molecular formula is C10H15BrN2O3. The topological polar surface area (TPSA) is 69.6 Å². The van der Waals surface area contributed by atoms with Crippen LogP contribution in [0.5, 0.6) is 0 Å². The van der Waals surface area contributed by atoms with E-state index in [1.807, 2.05) is 0 Å². The van der Waals surface area contributed by atoms with E-state index in [2.05, 4.69) is 27.8 Å². The van der Waals surface area contributed by atoms with Crippen LogP contribution < -0.4 is 5.32 Å². The molecule has 2 amide bonds. The van der Waals surface area contributed by atoms with Crippen LogP contribution in [0.4, 0.5) is 4.79 Å². The van der Waals surface area contributed by atoms with E-state index in [9.17, 15) is 9.59 Å². The molecule has 0 bridgehead atoms. The quantitative estimate of drug-likeness (QED) is 0.819. The molecule has 0 saturated carbocycles. The highest BCUT2D eigenvalue weighted by molar-refractivity contribution is 9.11. The van der Waals surface area contributed by atoms with Crippen LogP contribution in [0, 0.1) is 11.8 Å². The second-order valence-electron chi connectivity index (χ2n) is 3.97. The molecule has 1 aliphatic heterocycles. The van der Waals surface area contributed by atoms with Crippen LogP contribution in [-0.2, 0) is 4.79 Å². The van der Waals surface area contributed by atoms with Crippen LogP contribution in [0.1, 0.15) is 6.92 Å². The molecule has 1 aliphatic rings. The first kappa shape index (κ1) is 13.0. The van der Waals surface area contributed by atoms with Gasteiger partial charge in [0.05, 0.1) is 12.5 Å². The minimum atomic E-state index is -0.807. The van der Waals surface area contributed by atoms with E-state index in [1.54, 1.807) is 11.8 Å². The van der Waals surface area contributed by atoms with Gasteiger partial charge in [-0.1, -0.05) is 29.4 Å². The lowest BCUT2D eigenvalue weighted by Crippen LogP contribution is -2.56. The summed E-state index contributed by atoms with van der Waals surface area (Å²) in [6, 6.07) is -0.172. The number of aliphatic carboxylic acids is 1. The van der Waals surface area contributed by atoms with Gasteiger partial charge < -0.3 is 15.3 Å². The summed E-state index contributed by atoms with van der Waals surface area (Å²) in [5, 5.41) is 11.4. The molecule has 2 N–H and O–H groups in total. The first-order chi connectivity index (χ1) is 7.41. The zero-order valence-electron chi connectivity index (χ0n) is 9.07. The summed E-state index contributed by atoms with van der Waals surface area (Å²) in [4.78, 5) is 23.8. The first-order valence-electron chi connectivity index (χ1n) is 5.00. The van der Waals surface area contributed by atoms with Crippen LogP contribution in [0.3, 0.4) is 0 Å². The predicted molar refractivity (Wildman–Crippen MR) is 63.3 cm³/mol. The van der Waals surface area contributed by atoms with Gasteiger partial charge in [-0.3, -0.25) is 4.79 Å². The number of hydrogen-bond donors (Lipinski definition) is 2. The van der Waals surface area contributed by atoms with E-state index >= 15 is 0 Å². The normalized spacial score (nSPS) is 17.5. The van der Waals surface area contributed by atoms with E-state index in [1.165, 1.54) is 0 Å². The summed E-state index contributed by atoms with van der Waals surface area (Å²) < 4.78 is 0.705. The molecule has 90 valence electrons. The fraction of sp³-hybridized carbons (Fsp3) is 0.600. The monoisotopic (exact) mass is 290 g/mol. The number of carboxylic acid groups (broad SMARTS) is 1. The number of carboxylic acids is 1. The van der Waals surface area contributed by atoms with Gasteiger partial charge in [-0.2, -0.15) is 0 Å². The molecule has 1 saturated heterocycles. The Kier molecular flexibility index (Phi) is 4.35. The van der Waals surface area contributed by atoms with Gasteiger partial charge in [-0.05, 0) is 0 Å². The van der Waals surface area contributed by atoms with Crippen LogP contribution >= 0.6 is 15.9 Å². The molecule has 5 nitrogen and oxygen atoms in total. The average molecular weight is 291 g/mol. The molecule has 1 fully saturated rings. The van der Waals surface area contributed by atoms with Crippen molar-refractivity contribution in [3.63, 3.8) is 0 Å². The maximum atomic E-state index is 11.5. The van der Waals surface area contributed by atoms with Crippen molar-refractivity contribution in [1.82, 2.24) is 10.2 Å². The summed E-state index contributed by atoms with van der Waals surface area (Å²) in [6.07, 6.45) is 0. The van der Waals surface area contributed by atoms with Gasteiger partial charge in [0.2, 0.25) is 0 Å². The number of amides is 2. The molecule has 1 rings (SSSR count). The minimum Gasteiger partial charge on any atom is -0.481 e. The third kappa shape index (κ3) is 3.23. The highest BCUT2D eigenvalue weighted by atomic mass is 79.9. The summed E-state index contributed by atoms with van der Waals surface area (Å²) in [7, 11) is 0. The zero-order valence-corrected chi connectivity index (χ0v) is 10.7. The van der Waals surface area contributed by atoms with Crippen molar-refractivity contribution in [2.24, 2.45) is 11.8 Å². The Balaban J connectivity index is 2.27. The Morgan fingerprint density at radius 1 is 1.62 bits per heavy atom. The molecule has 0 aromatic carbocycles. The Bertz CT molecular complexity index is 313. The van der Waals surface area contributed by atoms with Crippen LogP contribution in [0.15, 0.2) is 11.1 Å². The zero-order chi connectivity index (χ0) is 12.3. The van der Waals surface area contributed by atoms with Gasteiger partial charge >= 0.3 is 12.0 Å². The van der Waals surface area contributed by atoms with Gasteiger partial charge in [0.1, 0.15) is 0 Å². The van der Waals surface area contributed by atoms with Crippen LogP contribution in [0.2, 0.25) is 0 Å². The second-order valence-corrected chi connectivity index (χ2v) is 5.09. The average Bonchev–Trinajstić information content (AvgIpc) is 2.11. The smallest absolute Gasteiger partial charge is 0.317 e. The van der Waals surface area contributed by atoms with Gasteiger partial charge in [0.15, 0.2) is 0 Å². The molecule has 0 aromatic heterocycles. The van der Waals surface area contributed by atoms with Crippen molar-refractivity contribution < 1.29 is 14.7 Å². The van der Waals surface area contributed by atoms with Crippen molar-refractivity contribution in [3.8, 4) is 0 Å². The fourth-order valence-corrected chi connectivity index (χ4v) is 1.62. The number of carbonyl (C=O) groups is 2. The molecular weight excluding hydrogens is 276 g/mol. The third-order valence-electron chi connectivity index (χ3n) is 2.73. The van der Waals surface area contributed by atoms with Gasteiger partial charge in [-0.25, -0.2) is 4.79 Å². The molecule has 1 atom stereocenters. The van der Waals surface area contributed by atoms with E-state index < -0.39 is 11.9 Å².